The third-order valence-electron chi connectivity index (χ3n) is 2.39. The molecule has 1 aromatic rings. The number of thiophene rings is 1. The minimum absolute atomic E-state index is 0.0898. The number of carbonyl (C=O) groups is 1. The zero-order valence-corrected chi connectivity index (χ0v) is 10.8. The lowest BCUT2D eigenvalue weighted by atomic mass is 10.3. The molecule has 0 aliphatic heterocycles. The van der Waals surface area contributed by atoms with Crippen LogP contribution in [0.25, 0.3) is 0 Å². The zero-order valence-electron chi connectivity index (χ0n) is 10.0. The van der Waals surface area contributed by atoms with E-state index in [0.29, 0.717) is 0 Å². The number of hydrogen-bond donors (Lipinski definition) is 0. The molecular weight excluding hydrogens is 267 g/mol. The lowest BCUT2D eigenvalue weighted by Crippen LogP contribution is -2.42. The largest absolute Gasteiger partial charge is 0.460 e. The molecule has 0 saturated carbocycles. The Kier molecular flexibility index (Phi) is 5.15. The molecule has 1 aromatic heterocycles. The van der Waals surface area contributed by atoms with Crippen LogP contribution >= 0.6 is 11.3 Å². The molecule has 1 heterocycles. The van der Waals surface area contributed by atoms with E-state index >= 15 is 0 Å². The normalized spacial score (nSPS) is 13.7. The van der Waals surface area contributed by atoms with Crippen molar-refractivity contribution < 1.29 is 22.7 Å². The highest BCUT2D eigenvalue weighted by atomic mass is 32.1. The summed E-state index contributed by atoms with van der Waals surface area (Å²) in [6, 6.07) is 0.868. The molecule has 0 spiro atoms. The van der Waals surface area contributed by atoms with Crippen LogP contribution in [0, 0.1) is 0 Å². The van der Waals surface area contributed by atoms with E-state index in [1.54, 1.807) is 6.07 Å². The summed E-state index contributed by atoms with van der Waals surface area (Å²) in [5.41, 5.74) is 0.832. The van der Waals surface area contributed by atoms with Crippen molar-refractivity contribution in [1.29, 1.82) is 0 Å². The predicted octanol–water partition coefficient (Wildman–Crippen LogP) is 2.67. The number of nitrogens with zero attached hydrogens (tertiary/aromatic N) is 1. The molecule has 18 heavy (non-hydrogen) atoms. The number of hydrogen-bond acceptors (Lipinski definition) is 4. The fraction of sp³-hybridized carbons (Fsp3) is 0.545. The SMILES string of the molecule is CC(C(=O)OCc1ccsc1)N(C)CC(F)(F)F. The van der Waals surface area contributed by atoms with Crippen LogP contribution in [0.15, 0.2) is 16.8 Å². The molecule has 102 valence electrons. The van der Waals surface area contributed by atoms with E-state index in [9.17, 15) is 18.0 Å². The van der Waals surface area contributed by atoms with Gasteiger partial charge in [-0.05, 0) is 30.8 Å². The Balaban J connectivity index is 2.41. The van der Waals surface area contributed by atoms with Crippen LogP contribution in [0.3, 0.4) is 0 Å². The van der Waals surface area contributed by atoms with Gasteiger partial charge in [-0.2, -0.15) is 24.5 Å². The van der Waals surface area contributed by atoms with Crippen molar-refractivity contribution in [2.45, 2.75) is 25.7 Å². The minimum Gasteiger partial charge on any atom is -0.460 e. The molecule has 0 aromatic carbocycles. The summed E-state index contributed by atoms with van der Waals surface area (Å²) in [5, 5.41) is 3.65. The van der Waals surface area contributed by atoms with Crippen molar-refractivity contribution in [3.63, 3.8) is 0 Å². The van der Waals surface area contributed by atoms with Crippen molar-refractivity contribution in [2.24, 2.45) is 0 Å². The molecule has 3 nitrogen and oxygen atoms in total. The Bertz CT molecular complexity index is 378. The van der Waals surface area contributed by atoms with E-state index in [4.69, 9.17) is 4.74 Å². The van der Waals surface area contributed by atoms with E-state index in [-0.39, 0.29) is 6.61 Å². The first-order valence-electron chi connectivity index (χ1n) is 5.24. The zero-order chi connectivity index (χ0) is 13.8. The molecule has 1 atom stereocenters. The minimum atomic E-state index is -4.32. The maximum absolute atomic E-state index is 12.1. The molecule has 0 amide bonds. The molecule has 0 bridgehead atoms. The van der Waals surface area contributed by atoms with Gasteiger partial charge < -0.3 is 4.74 Å². The summed E-state index contributed by atoms with van der Waals surface area (Å²) in [6.45, 7) is 0.343. The lowest BCUT2D eigenvalue weighted by Gasteiger charge is -2.23. The summed E-state index contributed by atoms with van der Waals surface area (Å²) in [5.74, 6) is -0.659. The van der Waals surface area contributed by atoms with Crippen molar-refractivity contribution in [1.82, 2.24) is 4.90 Å². The van der Waals surface area contributed by atoms with Gasteiger partial charge in [0.15, 0.2) is 0 Å². The van der Waals surface area contributed by atoms with E-state index in [1.807, 2.05) is 10.8 Å². The highest BCUT2D eigenvalue weighted by Gasteiger charge is 2.33. The second-order valence-corrected chi connectivity index (χ2v) is 4.73. The van der Waals surface area contributed by atoms with Gasteiger partial charge in [-0.25, -0.2) is 0 Å². The molecular formula is C11H14F3NO2S. The Morgan fingerprint density at radius 3 is 2.72 bits per heavy atom. The number of rotatable bonds is 5. The van der Waals surface area contributed by atoms with Crippen LogP contribution in [0.4, 0.5) is 13.2 Å². The molecule has 0 saturated heterocycles. The first-order valence-corrected chi connectivity index (χ1v) is 6.18. The van der Waals surface area contributed by atoms with Gasteiger partial charge in [-0.1, -0.05) is 0 Å². The lowest BCUT2D eigenvalue weighted by molar-refractivity contribution is -0.162. The number of esters is 1. The number of likely N-dealkylation sites (N-methyl/N-ethyl adjacent to an activating group) is 1. The van der Waals surface area contributed by atoms with Gasteiger partial charge in [0, 0.05) is 5.56 Å². The summed E-state index contributed by atoms with van der Waals surface area (Å²) in [4.78, 5) is 12.5. The van der Waals surface area contributed by atoms with Gasteiger partial charge in [0.1, 0.15) is 12.6 Å². The van der Waals surface area contributed by atoms with Gasteiger partial charge in [-0.3, -0.25) is 9.69 Å². The smallest absolute Gasteiger partial charge is 0.401 e. The van der Waals surface area contributed by atoms with Gasteiger partial charge >= 0.3 is 12.1 Å². The quantitative estimate of drug-likeness (QED) is 0.777. The number of carbonyl (C=O) groups excluding carboxylic acids is 1. The number of alkyl halides is 3. The average molecular weight is 281 g/mol. The van der Waals surface area contributed by atoms with Gasteiger partial charge in [-0.15, -0.1) is 0 Å². The maximum Gasteiger partial charge on any atom is 0.401 e. The highest BCUT2D eigenvalue weighted by molar-refractivity contribution is 7.07. The van der Waals surface area contributed by atoms with Crippen molar-refractivity contribution in [3.05, 3.63) is 22.4 Å². The second kappa shape index (κ2) is 6.19. The van der Waals surface area contributed by atoms with Crippen LogP contribution < -0.4 is 0 Å². The van der Waals surface area contributed by atoms with E-state index in [1.165, 1.54) is 25.3 Å². The Morgan fingerprint density at radius 2 is 2.22 bits per heavy atom. The van der Waals surface area contributed by atoms with E-state index in [0.717, 1.165) is 10.5 Å². The monoisotopic (exact) mass is 281 g/mol. The highest BCUT2D eigenvalue weighted by Crippen LogP contribution is 2.17. The summed E-state index contributed by atoms with van der Waals surface area (Å²) >= 11 is 1.46. The van der Waals surface area contributed by atoms with Crippen LogP contribution in [-0.2, 0) is 16.1 Å². The maximum atomic E-state index is 12.1. The molecule has 1 unspecified atom stereocenters. The van der Waals surface area contributed by atoms with Crippen molar-refractivity contribution in [2.75, 3.05) is 13.6 Å². The molecule has 7 heteroatoms. The van der Waals surface area contributed by atoms with Gasteiger partial charge in [0.25, 0.3) is 0 Å². The third kappa shape index (κ3) is 5.05. The second-order valence-electron chi connectivity index (χ2n) is 3.95. The third-order valence-corrected chi connectivity index (χ3v) is 3.12. The average Bonchev–Trinajstić information content (AvgIpc) is 2.75. The molecule has 0 N–H and O–H groups in total. The van der Waals surface area contributed by atoms with Crippen molar-refractivity contribution in [3.8, 4) is 0 Å². The van der Waals surface area contributed by atoms with Crippen LogP contribution in [0.5, 0.6) is 0 Å². The van der Waals surface area contributed by atoms with Crippen LogP contribution in [0.1, 0.15) is 12.5 Å². The topological polar surface area (TPSA) is 29.5 Å². The molecule has 0 radical (unpaired) electrons. The standard InChI is InChI=1S/C11H14F3NO2S/c1-8(15(2)7-11(12,13)14)10(16)17-5-9-3-4-18-6-9/h3-4,6,8H,5,7H2,1-2H3. The summed E-state index contributed by atoms with van der Waals surface area (Å²) in [7, 11) is 1.24. The Hall–Kier alpha value is -1.08. The molecule has 1 rings (SSSR count). The molecule has 0 aliphatic rings. The van der Waals surface area contributed by atoms with E-state index < -0.39 is 24.7 Å². The van der Waals surface area contributed by atoms with Gasteiger partial charge in [0.2, 0.25) is 0 Å². The van der Waals surface area contributed by atoms with Crippen LogP contribution in [-0.4, -0.2) is 36.7 Å². The Morgan fingerprint density at radius 1 is 1.56 bits per heavy atom. The van der Waals surface area contributed by atoms with E-state index in [2.05, 4.69) is 0 Å². The fourth-order valence-electron chi connectivity index (χ4n) is 1.25. The summed E-state index contributed by atoms with van der Waals surface area (Å²) < 4.78 is 41.4. The number of ether oxygens (including phenoxy) is 1. The first-order chi connectivity index (χ1) is 8.29. The predicted molar refractivity (Wildman–Crippen MR) is 62.3 cm³/mol. The molecule has 0 fully saturated rings. The fourth-order valence-corrected chi connectivity index (χ4v) is 1.90. The first kappa shape index (κ1) is 15.0. The van der Waals surface area contributed by atoms with Gasteiger partial charge in [0.05, 0.1) is 6.54 Å². The number of halogens is 3. The van der Waals surface area contributed by atoms with Crippen LogP contribution in [0.2, 0.25) is 0 Å². The summed E-state index contributed by atoms with van der Waals surface area (Å²) in [6.07, 6.45) is -4.32. The molecule has 0 aliphatic carbocycles. The Labute approximate surface area is 107 Å². The van der Waals surface area contributed by atoms with Crippen molar-refractivity contribution >= 4 is 17.3 Å².